The van der Waals surface area contributed by atoms with Crippen molar-refractivity contribution in [3.8, 4) is 0 Å². The van der Waals surface area contributed by atoms with E-state index in [0.717, 1.165) is 0 Å². The van der Waals surface area contributed by atoms with Gasteiger partial charge in [0, 0.05) is 18.3 Å². The van der Waals surface area contributed by atoms with Crippen LogP contribution in [0.1, 0.15) is 15.9 Å². The van der Waals surface area contributed by atoms with Gasteiger partial charge in [0.05, 0.1) is 12.7 Å². The van der Waals surface area contributed by atoms with E-state index in [2.05, 4.69) is 11.3 Å². The molecule has 0 unspecified atom stereocenters. The fraction of sp³-hybridized carbons (Fsp3) is 0.136. The highest BCUT2D eigenvalue weighted by Crippen LogP contribution is 2.13. The lowest BCUT2D eigenvalue weighted by Crippen LogP contribution is -2.34. The summed E-state index contributed by atoms with van der Waals surface area (Å²) in [5.74, 6) is -1.43. The lowest BCUT2D eigenvalue weighted by atomic mass is 10.1. The van der Waals surface area contributed by atoms with Crippen LogP contribution in [0, 0.1) is 0 Å². The van der Waals surface area contributed by atoms with Gasteiger partial charge in [-0.1, -0.05) is 36.4 Å². The van der Waals surface area contributed by atoms with Crippen LogP contribution in [0.3, 0.4) is 0 Å². The average Bonchev–Trinajstić information content (AvgIpc) is 2.74. The lowest BCUT2D eigenvalue weighted by Gasteiger charge is -2.20. The van der Waals surface area contributed by atoms with Crippen LogP contribution >= 0.6 is 0 Å². The van der Waals surface area contributed by atoms with E-state index in [9.17, 15) is 14.4 Å². The maximum atomic E-state index is 12.4. The number of anilines is 1. The van der Waals surface area contributed by atoms with E-state index in [-0.39, 0.29) is 12.5 Å². The Labute approximate surface area is 163 Å². The number of amides is 1. The Balaban J connectivity index is 1.91. The van der Waals surface area contributed by atoms with Gasteiger partial charge >= 0.3 is 11.9 Å². The summed E-state index contributed by atoms with van der Waals surface area (Å²) in [6, 6.07) is 15.6. The summed E-state index contributed by atoms with van der Waals surface area (Å²) in [5.41, 5.74) is 1.81. The van der Waals surface area contributed by atoms with Crippen molar-refractivity contribution in [3.63, 3.8) is 0 Å². The largest absolute Gasteiger partial charge is 0.465 e. The second-order valence-corrected chi connectivity index (χ2v) is 5.68. The first-order chi connectivity index (χ1) is 13.5. The zero-order valence-corrected chi connectivity index (χ0v) is 15.5. The summed E-state index contributed by atoms with van der Waals surface area (Å²) in [4.78, 5) is 37.1. The second-order valence-electron chi connectivity index (χ2n) is 5.68. The first-order valence-electron chi connectivity index (χ1n) is 8.54. The van der Waals surface area contributed by atoms with Crippen LogP contribution in [0.2, 0.25) is 0 Å². The highest BCUT2D eigenvalue weighted by Gasteiger charge is 2.15. The molecule has 1 amide bonds. The number of carbonyl (C=O) groups excluding carboxylic acids is 3. The molecule has 0 aliphatic carbocycles. The Morgan fingerprint density at radius 3 is 2.32 bits per heavy atom. The van der Waals surface area contributed by atoms with Crippen molar-refractivity contribution in [2.45, 2.75) is 0 Å². The number of hydrogen-bond donors (Lipinski definition) is 0. The van der Waals surface area contributed by atoms with Crippen LogP contribution in [-0.4, -0.2) is 38.1 Å². The van der Waals surface area contributed by atoms with Gasteiger partial charge in [0.25, 0.3) is 5.91 Å². The smallest absolute Gasteiger partial charge is 0.337 e. The third-order valence-electron chi connectivity index (χ3n) is 3.76. The van der Waals surface area contributed by atoms with Crippen molar-refractivity contribution in [1.29, 1.82) is 0 Å². The molecule has 144 valence electrons. The molecule has 0 heterocycles. The van der Waals surface area contributed by atoms with Crippen LogP contribution in [0.15, 0.2) is 73.3 Å². The number of benzene rings is 2. The van der Waals surface area contributed by atoms with Crippen molar-refractivity contribution in [2.75, 3.05) is 25.2 Å². The minimum Gasteiger partial charge on any atom is -0.465 e. The standard InChI is InChI=1S/C22H21NO5/c1-3-15-23(19-7-5-4-6-8-19)20(24)16-28-21(25)14-11-17-9-12-18(13-10-17)22(26)27-2/h3-14H,1,15-16H2,2H3/b14-11+. The van der Waals surface area contributed by atoms with Gasteiger partial charge in [-0.25, -0.2) is 9.59 Å². The number of nitrogens with zero attached hydrogens (tertiary/aromatic N) is 1. The van der Waals surface area contributed by atoms with Crippen LogP contribution < -0.4 is 4.90 Å². The van der Waals surface area contributed by atoms with Gasteiger partial charge in [0.2, 0.25) is 0 Å². The van der Waals surface area contributed by atoms with Gasteiger partial charge in [-0.2, -0.15) is 0 Å². The summed E-state index contributed by atoms with van der Waals surface area (Å²) in [5, 5.41) is 0. The Bertz CT molecular complexity index is 856. The molecule has 0 atom stereocenters. The fourth-order valence-corrected chi connectivity index (χ4v) is 2.36. The number of para-hydroxylation sites is 1. The molecule has 0 fully saturated rings. The van der Waals surface area contributed by atoms with Crippen molar-refractivity contribution >= 4 is 29.6 Å². The number of methoxy groups -OCH3 is 1. The predicted molar refractivity (Wildman–Crippen MR) is 107 cm³/mol. The monoisotopic (exact) mass is 379 g/mol. The maximum Gasteiger partial charge on any atom is 0.337 e. The third kappa shape index (κ3) is 5.95. The molecular weight excluding hydrogens is 358 g/mol. The molecule has 28 heavy (non-hydrogen) atoms. The molecule has 0 radical (unpaired) electrons. The fourth-order valence-electron chi connectivity index (χ4n) is 2.36. The molecule has 0 N–H and O–H groups in total. The van der Waals surface area contributed by atoms with Crippen LogP contribution in [0.4, 0.5) is 5.69 Å². The van der Waals surface area contributed by atoms with Crippen LogP contribution in [0.5, 0.6) is 0 Å². The Kier molecular flexibility index (Phi) is 7.72. The zero-order chi connectivity index (χ0) is 20.4. The minimum absolute atomic E-state index is 0.308. The first-order valence-corrected chi connectivity index (χ1v) is 8.54. The quantitative estimate of drug-likeness (QED) is 0.400. The van der Waals surface area contributed by atoms with Crippen molar-refractivity contribution in [3.05, 3.63) is 84.5 Å². The Morgan fingerprint density at radius 1 is 1.04 bits per heavy atom. The molecule has 6 heteroatoms. The van der Waals surface area contributed by atoms with Crippen LogP contribution in [-0.2, 0) is 19.1 Å². The van der Waals surface area contributed by atoms with E-state index in [4.69, 9.17) is 4.74 Å². The SMILES string of the molecule is C=CCN(C(=O)COC(=O)/C=C/c1ccc(C(=O)OC)cc1)c1ccccc1. The highest BCUT2D eigenvalue weighted by atomic mass is 16.5. The van der Waals surface area contributed by atoms with Crippen molar-refractivity contribution < 1.29 is 23.9 Å². The summed E-state index contributed by atoms with van der Waals surface area (Å²) in [6.45, 7) is 3.57. The molecule has 0 aliphatic heterocycles. The lowest BCUT2D eigenvalue weighted by molar-refractivity contribution is -0.142. The van der Waals surface area contributed by atoms with Crippen LogP contribution in [0.25, 0.3) is 6.08 Å². The van der Waals surface area contributed by atoms with Crippen molar-refractivity contribution in [2.24, 2.45) is 0 Å². The number of ether oxygens (including phenoxy) is 2. The van der Waals surface area contributed by atoms with Gasteiger partial charge in [0.15, 0.2) is 6.61 Å². The Hall–Kier alpha value is -3.67. The molecule has 0 saturated heterocycles. The molecule has 2 rings (SSSR count). The Morgan fingerprint density at radius 2 is 1.71 bits per heavy atom. The summed E-state index contributed by atoms with van der Waals surface area (Å²) < 4.78 is 9.65. The molecule has 0 aliphatic rings. The zero-order valence-electron chi connectivity index (χ0n) is 15.5. The molecule has 0 aromatic heterocycles. The molecular formula is C22H21NO5. The molecule has 2 aromatic rings. The van der Waals surface area contributed by atoms with Gasteiger partial charge in [-0.3, -0.25) is 4.79 Å². The maximum absolute atomic E-state index is 12.4. The third-order valence-corrected chi connectivity index (χ3v) is 3.76. The van der Waals surface area contributed by atoms with Gasteiger partial charge in [-0.15, -0.1) is 6.58 Å². The first kappa shape index (κ1) is 20.6. The molecule has 0 spiro atoms. The number of hydrogen-bond acceptors (Lipinski definition) is 5. The average molecular weight is 379 g/mol. The van der Waals surface area contributed by atoms with E-state index < -0.39 is 11.9 Å². The van der Waals surface area contributed by atoms with E-state index in [1.165, 1.54) is 24.2 Å². The van der Waals surface area contributed by atoms with Gasteiger partial charge in [-0.05, 0) is 35.9 Å². The second kappa shape index (κ2) is 10.5. The topological polar surface area (TPSA) is 72.9 Å². The van der Waals surface area contributed by atoms with Crippen molar-refractivity contribution in [1.82, 2.24) is 0 Å². The number of rotatable bonds is 8. The molecule has 0 bridgehead atoms. The normalized spacial score (nSPS) is 10.3. The van der Waals surface area contributed by atoms with E-state index in [1.807, 2.05) is 18.2 Å². The minimum atomic E-state index is -0.642. The number of esters is 2. The molecule has 0 saturated carbocycles. The molecule has 2 aromatic carbocycles. The molecule has 6 nitrogen and oxygen atoms in total. The van der Waals surface area contributed by atoms with E-state index in [0.29, 0.717) is 23.4 Å². The van der Waals surface area contributed by atoms with Gasteiger partial charge < -0.3 is 14.4 Å². The summed E-state index contributed by atoms with van der Waals surface area (Å²) in [7, 11) is 1.31. The van der Waals surface area contributed by atoms with E-state index in [1.54, 1.807) is 42.5 Å². The summed E-state index contributed by atoms with van der Waals surface area (Å²) in [6.07, 6.45) is 4.36. The van der Waals surface area contributed by atoms with E-state index >= 15 is 0 Å². The summed E-state index contributed by atoms with van der Waals surface area (Å²) >= 11 is 0. The predicted octanol–water partition coefficient (Wildman–Crippen LogP) is 3.25. The number of carbonyl (C=O) groups is 3. The highest BCUT2D eigenvalue weighted by molar-refractivity contribution is 5.96. The van der Waals surface area contributed by atoms with Gasteiger partial charge in [0.1, 0.15) is 0 Å².